The van der Waals surface area contributed by atoms with Crippen LogP contribution in [0.1, 0.15) is 56.7 Å². The Morgan fingerprint density at radius 2 is 1.90 bits per heavy atom. The van der Waals surface area contributed by atoms with Crippen LogP contribution < -0.4 is 10.2 Å². The van der Waals surface area contributed by atoms with E-state index in [0.717, 1.165) is 32.2 Å². The SMILES string of the molecule is CC(C)c1nn(C)c(N(C)C)c1CNC1CCC(O)CC1. The van der Waals surface area contributed by atoms with Crippen molar-refractivity contribution in [1.29, 1.82) is 0 Å². The highest BCUT2D eigenvalue weighted by atomic mass is 16.3. The Morgan fingerprint density at radius 3 is 2.43 bits per heavy atom. The van der Waals surface area contributed by atoms with Crippen molar-refractivity contribution < 1.29 is 5.11 Å². The van der Waals surface area contributed by atoms with Crippen LogP contribution in [0.3, 0.4) is 0 Å². The van der Waals surface area contributed by atoms with Gasteiger partial charge in [-0.25, -0.2) is 0 Å². The molecule has 0 unspecified atom stereocenters. The first-order valence-corrected chi connectivity index (χ1v) is 8.04. The fourth-order valence-electron chi connectivity index (χ4n) is 3.30. The van der Waals surface area contributed by atoms with E-state index < -0.39 is 0 Å². The third-order valence-corrected chi connectivity index (χ3v) is 4.38. The zero-order chi connectivity index (χ0) is 15.6. The van der Waals surface area contributed by atoms with Crippen LogP contribution in [0.4, 0.5) is 5.82 Å². The summed E-state index contributed by atoms with van der Waals surface area (Å²) >= 11 is 0. The quantitative estimate of drug-likeness (QED) is 0.872. The van der Waals surface area contributed by atoms with Crippen LogP contribution in [0.5, 0.6) is 0 Å². The summed E-state index contributed by atoms with van der Waals surface area (Å²) in [4.78, 5) is 2.14. The van der Waals surface area contributed by atoms with E-state index in [1.165, 1.54) is 17.1 Å². The Morgan fingerprint density at radius 1 is 1.29 bits per heavy atom. The summed E-state index contributed by atoms with van der Waals surface area (Å²) < 4.78 is 1.98. The number of aromatic nitrogens is 2. The molecular formula is C16H30N4O. The predicted molar refractivity (Wildman–Crippen MR) is 86.7 cm³/mol. The lowest BCUT2D eigenvalue weighted by molar-refractivity contribution is 0.116. The standard InChI is InChI=1S/C16H30N4O/c1-11(2)15-14(16(19(3)4)20(5)18-15)10-17-12-6-8-13(21)9-7-12/h11-13,17,21H,6-10H2,1-5H3. The van der Waals surface area contributed by atoms with Gasteiger partial charge in [0.15, 0.2) is 0 Å². The van der Waals surface area contributed by atoms with Gasteiger partial charge >= 0.3 is 0 Å². The maximum absolute atomic E-state index is 9.60. The normalized spacial score (nSPS) is 22.8. The van der Waals surface area contributed by atoms with Gasteiger partial charge in [-0.1, -0.05) is 13.8 Å². The minimum atomic E-state index is -0.0926. The molecule has 0 spiro atoms. The number of aryl methyl sites for hydroxylation is 1. The minimum Gasteiger partial charge on any atom is -0.393 e. The summed E-state index contributed by atoms with van der Waals surface area (Å²) in [5.41, 5.74) is 2.49. The molecule has 1 aromatic rings. The zero-order valence-corrected chi connectivity index (χ0v) is 14.1. The first kappa shape index (κ1) is 16.3. The van der Waals surface area contributed by atoms with E-state index in [2.05, 4.69) is 38.2 Å². The first-order chi connectivity index (χ1) is 9.90. The predicted octanol–water partition coefficient (Wildman–Crippen LogP) is 2.00. The van der Waals surface area contributed by atoms with Gasteiger partial charge in [-0.05, 0) is 31.6 Å². The molecule has 0 bridgehead atoms. The molecule has 5 heteroatoms. The van der Waals surface area contributed by atoms with Gasteiger partial charge in [0.05, 0.1) is 11.8 Å². The molecule has 1 saturated carbocycles. The number of nitrogens with zero attached hydrogens (tertiary/aromatic N) is 3. The molecule has 0 aliphatic heterocycles. The fraction of sp³-hybridized carbons (Fsp3) is 0.812. The van der Waals surface area contributed by atoms with E-state index in [-0.39, 0.29) is 6.10 Å². The summed E-state index contributed by atoms with van der Waals surface area (Å²) in [6, 6.07) is 0.517. The zero-order valence-electron chi connectivity index (χ0n) is 14.1. The maximum Gasteiger partial charge on any atom is 0.130 e. The molecule has 1 aliphatic rings. The Hall–Kier alpha value is -1.07. The minimum absolute atomic E-state index is 0.0926. The van der Waals surface area contributed by atoms with Crippen molar-refractivity contribution in [3.05, 3.63) is 11.3 Å². The van der Waals surface area contributed by atoms with Crippen molar-refractivity contribution in [3.63, 3.8) is 0 Å². The van der Waals surface area contributed by atoms with E-state index in [0.29, 0.717) is 12.0 Å². The number of aliphatic hydroxyl groups excluding tert-OH is 1. The summed E-state index contributed by atoms with van der Waals surface area (Å²) in [6.45, 7) is 5.25. The van der Waals surface area contributed by atoms with Crippen LogP contribution in [0, 0.1) is 0 Å². The molecular weight excluding hydrogens is 264 g/mol. The van der Waals surface area contributed by atoms with Gasteiger partial charge in [-0.15, -0.1) is 0 Å². The average molecular weight is 294 g/mol. The molecule has 1 heterocycles. The summed E-state index contributed by atoms with van der Waals surface area (Å²) in [7, 11) is 6.16. The number of rotatable bonds is 5. The summed E-state index contributed by atoms with van der Waals surface area (Å²) in [5.74, 6) is 1.61. The number of anilines is 1. The lowest BCUT2D eigenvalue weighted by Crippen LogP contribution is -2.34. The topological polar surface area (TPSA) is 53.3 Å². The molecule has 0 aromatic carbocycles. The van der Waals surface area contributed by atoms with E-state index >= 15 is 0 Å². The Bertz CT molecular complexity index is 459. The third-order valence-electron chi connectivity index (χ3n) is 4.38. The molecule has 0 amide bonds. The summed E-state index contributed by atoms with van der Waals surface area (Å²) in [6.07, 6.45) is 3.88. The van der Waals surface area contributed by atoms with Crippen LogP contribution >= 0.6 is 0 Å². The Labute approximate surface area is 128 Å². The van der Waals surface area contributed by atoms with Gasteiger partial charge in [0.25, 0.3) is 0 Å². The molecule has 5 nitrogen and oxygen atoms in total. The number of nitrogens with one attached hydrogen (secondary N) is 1. The van der Waals surface area contributed by atoms with Crippen molar-refractivity contribution in [2.75, 3.05) is 19.0 Å². The summed E-state index contributed by atoms with van der Waals surface area (Å²) in [5, 5.41) is 18.0. The molecule has 2 rings (SSSR count). The Balaban J connectivity index is 2.10. The molecule has 1 aromatic heterocycles. The fourth-order valence-corrected chi connectivity index (χ4v) is 3.30. The number of hydrogen-bond acceptors (Lipinski definition) is 4. The second-order valence-corrected chi connectivity index (χ2v) is 6.75. The van der Waals surface area contributed by atoms with Crippen molar-refractivity contribution in [2.45, 2.75) is 64.1 Å². The third kappa shape index (κ3) is 3.77. The lowest BCUT2D eigenvalue weighted by atomic mass is 9.93. The largest absolute Gasteiger partial charge is 0.393 e. The van der Waals surface area contributed by atoms with E-state index in [1.54, 1.807) is 0 Å². The lowest BCUT2D eigenvalue weighted by Gasteiger charge is -2.27. The number of aliphatic hydroxyl groups is 1. The average Bonchev–Trinajstić information content (AvgIpc) is 2.75. The van der Waals surface area contributed by atoms with Gasteiger partial charge < -0.3 is 15.3 Å². The van der Waals surface area contributed by atoms with Crippen molar-refractivity contribution in [1.82, 2.24) is 15.1 Å². The van der Waals surface area contributed by atoms with Gasteiger partial charge in [-0.3, -0.25) is 4.68 Å². The Kier molecular flexibility index (Phi) is 5.27. The monoisotopic (exact) mass is 294 g/mol. The van der Waals surface area contributed by atoms with E-state index in [9.17, 15) is 5.11 Å². The van der Waals surface area contributed by atoms with Crippen LogP contribution in [-0.2, 0) is 13.6 Å². The smallest absolute Gasteiger partial charge is 0.130 e. The maximum atomic E-state index is 9.60. The highest BCUT2D eigenvalue weighted by Gasteiger charge is 2.23. The van der Waals surface area contributed by atoms with E-state index in [4.69, 9.17) is 5.10 Å². The molecule has 2 N–H and O–H groups in total. The van der Waals surface area contributed by atoms with Gasteiger partial charge in [0.2, 0.25) is 0 Å². The van der Waals surface area contributed by atoms with Crippen LogP contribution in [0.15, 0.2) is 0 Å². The molecule has 21 heavy (non-hydrogen) atoms. The second kappa shape index (κ2) is 6.79. The molecule has 0 atom stereocenters. The van der Waals surface area contributed by atoms with Crippen molar-refractivity contribution >= 4 is 5.82 Å². The van der Waals surface area contributed by atoms with Gasteiger partial charge in [-0.2, -0.15) is 5.10 Å². The van der Waals surface area contributed by atoms with Crippen LogP contribution in [0.25, 0.3) is 0 Å². The molecule has 1 aliphatic carbocycles. The highest BCUT2D eigenvalue weighted by molar-refractivity contribution is 5.50. The molecule has 0 radical (unpaired) electrons. The van der Waals surface area contributed by atoms with Crippen LogP contribution in [0.2, 0.25) is 0 Å². The molecule has 120 valence electrons. The van der Waals surface area contributed by atoms with Crippen molar-refractivity contribution in [2.24, 2.45) is 7.05 Å². The highest BCUT2D eigenvalue weighted by Crippen LogP contribution is 2.28. The molecule has 1 fully saturated rings. The first-order valence-electron chi connectivity index (χ1n) is 8.04. The van der Waals surface area contributed by atoms with Crippen molar-refractivity contribution in [3.8, 4) is 0 Å². The van der Waals surface area contributed by atoms with Crippen LogP contribution in [-0.4, -0.2) is 41.1 Å². The molecule has 0 saturated heterocycles. The van der Waals surface area contributed by atoms with E-state index in [1.807, 2.05) is 11.7 Å². The number of hydrogen-bond donors (Lipinski definition) is 2. The van der Waals surface area contributed by atoms with Gasteiger partial charge in [0.1, 0.15) is 5.82 Å². The second-order valence-electron chi connectivity index (χ2n) is 6.75. The van der Waals surface area contributed by atoms with Gasteiger partial charge in [0, 0.05) is 39.3 Å².